The highest BCUT2D eigenvalue weighted by Crippen LogP contribution is 2.28. The van der Waals surface area contributed by atoms with Crippen molar-refractivity contribution >= 4 is 17.3 Å². The minimum absolute atomic E-state index is 0.0994. The van der Waals surface area contributed by atoms with E-state index in [-0.39, 0.29) is 17.1 Å². The van der Waals surface area contributed by atoms with Crippen LogP contribution in [0.5, 0.6) is 0 Å². The van der Waals surface area contributed by atoms with Crippen LogP contribution in [0.4, 0.5) is 5.69 Å². The Morgan fingerprint density at radius 3 is 2.83 bits per heavy atom. The van der Waals surface area contributed by atoms with E-state index in [4.69, 9.17) is 11.6 Å². The number of halogens is 1. The molecule has 0 bridgehead atoms. The molecule has 0 saturated carbocycles. The third kappa shape index (κ3) is 3.61. The van der Waals surface area contributed by atoms with Crippen LogP contribution in [-0.2, 0) is 0 Å². The molecular weight excluding hydrogens is 262 g/mol. The first kappa shape index (κ1) is 14.8. The third-order valence-corrected chi connectivity index (χ3v) is 2.60. The molecule has 0 fully saturated rings. The van der Waals surface area contributed by atoms with Crippen LogP contribution in [-0.4, -0.2) is 39.8 Å². The number of rotatable bonds is 6. The molecule has 1 aromatic heterocycles. The predicted octanol–water partition coefficient (Wildman–Crippen LogP) is 0.647. The van der Waals surface area contributed by atoms with Gasteiger partial charge in [-0.05, 0) is 20.0 Å². The molecule has 0 aromatic carbocycles. The summed E-state index contributed by atoms with van der Waals surface area (Å²) in [6, 6.07) is 1.10. The van der Waals surface area contributed by atoms with Crippen LogP contribution in [0.25, 0.3) is 0 Å². The molecule has 3 N–H and O–H groups in total. The van der Waals surface area contributed by atoms with E-state index in [1.54, 1.807) is 7.05 Å². The largest absolute Gasteiger partial charge is 0.390 e. The van der Waals surface area contributed by atoms with Crippen LogP contribution in [0.3, 0.4) is 0 Å². The Balaban J connectivity index is 2.97. The summed E-state index contributed by atoms with van der Waals surface area (Å²) in [5.74, 6) is 0. The number of nitrogens with zero attached hydrogens (tertiary/aromatic N) is 2. The van der Waals surface area contributed by atoms with Crippen molar-refractivity contribution in [2.45, 2.75) is 18.6 Å². The summed E-state index contributed by atoms with van der Waals surface area (Å²) in [6.45, 7) is 0.472. The van der Waals surface area contributed by atoms with Crippen LogP contribution in [0, 0.1) is 10.1 Å². The fourth-order valence-corrected chi connectivity index (χ4v) is 1.60. The number of nitro groups is 1. The summed E-state index contributed by atoms with van der Waals surface area (Å²) in [5, 5.41) is 33.3. The number of nitrogens with one attached hydrogen (secondary N) is 1. The van der Waals surface area contributed by atoms with Crippen molar-refractivity contribution in [3.05, 3.63) is 33.1 Å². The number of aromatic nitrogens is 1. The molecule has 0 aliphatic rings. The molecule has 1 aromatic rings. The van der Waals surface area contributed by atoms with Crippen molar-refractivity contribution in [3.8, 4) is 0 Å². The van der Waals surface area contributed by atoms with Crippen LogP contribution in [0.1, 0.15) is 18.2 Å². The van der Waals surface area contributed by atoms with E-state index in [0.717, 1.165) is 6.07 Å². The molecule has 18 heavy (non-hydrogen) atoms. The fourth-order valence-electron chi connectivity index (χ4n) is 1.45. The lowest BCUT2D eigenvalue weighted by molar-refractivity contribution is -0.386. The Morgan fingerprint density at radius 2 is 2.28 bits per heavy atom. The van der Waals surface area contributed by atoms with E-state index >= 15 is 0 Å². The maximum Gasteiger partial charge on any atom is 0.295 e. The van der Waals surface area contributed by atoms with Gasteiger partial charge < -0.3 is 15.5 Å². The molecule has 0 saturated heterocycles. The Kier molecular flexibility index (Phi) is 5.42. The molecular formula is C10H14ClN3O4. The highest BCUT2D eigenvalue weighted by molar-refractivity contribution is 6.30. The van der Waals surface area contributed by atoms with Gasteiger partial charge in [-0.2, -0.15) is 0 Å². The third-order valence-electron chi connectivity index (χ3n) is 2.40. The van der Waals surface area contributed by atoms with Crippen LogP contribution < -0.4 is 5.32 Å². The smallest absolute Gasteiger partial charge is 0.295 e. The lowest BCUT2D eigenvalue weighted by Crippen LogP contribution is -2.24. The van der Waals surface area contributed by atoms with Crippen molar-refractivity contribution in [2.75, 3.05) is 13.6 Å². The van der Waals surface area contributed by atoms with Gasteiger partial charge in [0.25, 0.3) is 5.69 Å². The summed E-state index contributed by atoms with van der Waals surface area (Å²) in [6.07, 6.45) is -1.11. The zero-order valence-corrected chi connectivity index (χ0v) is 10.5. The molecule has 100 valence electrons. The Morgan fingerprint density at radius 1 is 1.61 bits per heavy atom. The average Bonchev–Trinajstić information content (AvgIpc) is 2.34. The summed E-state index contributed by atoms with van der Waals surface area (Å²) < 4.78 is 0. The summed E-state index contributed by atoms with van der Waals surface area (Å²) in [4.78, 5) is 13.8. The van der Waals surface area contributed by atoms with Gasteiger partial charge in [0.2, 0.25) is 0 Å². The van der Waals surface area contributed by atoms with E-state index in [0.29, 0.717) is 6.54 Å². The quantitative estimate of drug-likeness (QED) is 0.519. The zero-order chi connectivity index (χ0) is 13.7. The number of aliphatic hydroxyl groups is 2. The number of hydrogen-bond donors (Lipinski definition) is 3. The van der Waals surface area contributed by atoms with Crippen molar-refractivity contribution in [1.82, 2.24) is 10.3 Å². The second kappa shape index (κ2) is 6.60. The molecule has 8 heteroatoms. The monoisotopic (exact) mass is 275 g/mol. The first-order valence-corrected chi connectivity index (χ1v) is 5.65. The molecule has 1 rings (SSSR count). The van der Waals surface area contributed by atoms with Gasteiger partial charge in [-0.15, -0.1) is 0 Å². The normalized spacial score (nSPS) is 14.2. The predicted molar refractivity (Wildman–Crippen MR) is 65.4 cm³/mol. The summed E-state index contributed by atoms with van der Waals surface area (Å²) in [7, 11) is 1.70. The second-order valence-corrected chi connectivity index (χ2v) is 4.16. The van der Waals surface area contributed by atoms with E-state index in [2.05, 4.69) is 10.3 Å². The standard InChI is InChI=1S/C10H14ClN3O4/c1-12-3-2-8(15)10(16)9-7(14(17)18)4-6(11)5-13-9/h4-5,8,10,12,15-16H,2-3H2,1H3. The molecule has 2 atom stereocenters. The number of hydrogen-bond acceptors (Lipinski definition) is 6. The molecule has 0 spiro atoms. The first-order valence-electron chi connectivity index (χ1n) is 5.28. The maximum atomic E-state index is 10.8. The molecule has 0 amide bonds. The van der Waals surface area contributed by atoms with Gasteiger partial charge in [0.15, 0.2) is 0 Å². The minimum Gasteiger partial charge on any atom is -0.390 e. The number of aliphatic hydroxyl groups excluding tert-OH is 2. The molecule has 2 unspecified atom stereocenters. The molecule has 0 aliphatic heterocycles. The molecule has 0 aliphatic carbocycles. The average molecular weight is 276 g/mol. The van der Waals surface area contributed by atoms with Crippen molar-refractivity contribution in [2.24, 2.45) is 0 Å². The number of pyridine rings is 1. The van der Waals surface area contributed by atoms with Gasteiger partial charge in [-0.25, -0.2) is 4.98 Å². The van der Waals surface area contributed by atoms with Crippen molar-refractivity contribution in [1.29, 1.82) is 0 Å². The van der Waals surface area contributed by atoms with E-state index in [9.17, 15) is 20.3 Å². The Labute approximate surface area is 109 Å². The molecule has 7 nitrogen and oxygen atoms in total. The Bertz CT molecular complexity index is 430. The van der Waals surface area contributed by atoms with Gasteiger partial charge in [0.1, 0.15) is 11.8 Å². The van der Waals surface area contributed by atoms with Gasteiger partial charge >= 0.3 is 0 Å². The second-order valence-electron chi connectivity index (χ2n) is 3.72. The SMILES string of the molecule is CNCCC(O)C(O)c1ncc(Cl)cc1[N+](=O)[O-]. The van der Waals surface area contributed by atoms with Crippen LogP contribution in [0.15, 0.2) is 12.3 Å². The van der Waals surface area contributed by atoms with Crippen molar-refractivity contribution in [3.63, 3.8) is 0 Å². The van der Waals surface area contributed by atoms with Gasteiger partial charge in [0, 0.05) is 12.3 Å². The van der Waals surface area contributed by atoms with Gasteiger partial charge in [0.05, 0.1) is 16.0 Å². The highest BCUT2D eigenvalue weighted by Gasteiger charge is 2.27. The first-order chi connectivity index (χ1) is 8.47. The minimum atomic E-state index is -1.42. The van der Waals surface area contributed by atoms with E-state index < -0.39 is 22.8 Å². The Hall–Kier alpha value is -1.28. The highest BCUT2D eigenvalue weighted by atomic mass is 35.5. The lowest BCUT2D eigenvalue weighted by Gasteiger charge is -2.17. The lowest BCUT2D eigenvalue weighted by atomic mass is 10.1. The fraction of sp³-hybridized carbons (Fsp3) is 0.500. The van der Waals surface area contributed by atoms with Crippen molar-refractivity contribution < 1.29 is 15.1 Å². The maximum absolute atomic E-state index is 10.8. The van der Waals surface area contributed by atoms with Gasteiger partial charge in [-0.1, -0.05) is 11.6 Å². The summed E-state index contributed by atoms with van der Waals surface area (Å²) >= 11 is 5.61. The zero-order valence-electron chi connectivity index (χ0n) is 9.71. The van der Waals surface area contributed by atoms with Crippen LogP contribution in [0.2, 0.25) is 5.02 Å². The summed E-state index contributed by atoms with van der Waals surface area (Å²) in [5.41, 5.74) is -0.591. The van der Waals surface area contributed by atoms with E-state index in [1.807, 2.05) is 0 Å². The topological polar surface area (TPSA) is 109 Å². The van der Waals surface area contributed by atoms with Gasteiger partial charge in [-0.3, -0.25) is 10.1 Å². The molecule has 0 radical (unpaired) electrons. The van der Waals surface area contributed by atoms with E-state index in [1.165, 1.54) is 6.20 Å². The molecule has 1 heterocycles. The van der Waals surface area contributed by atoms with Crippen LogP contribution >= 0.6 is 11.6 Å².